The molecule has 0 atom stereocenters. The fraction of sp³-hybridized carbons (Fsp3) is 0.476. The summed E-state index contributed by atoms with van der Waals surface area (Å²) in [5.74, 6) is -1.90. The first kappa shape index (κ1) is 30.4. The van der Waals surface area contributed by atoms with E-state index in [2.05, 4.69) is 25.9 Å². The Hall–Kier alpha value is -2.78. The van der Waals surface area contributed by atoms with Crippen LogP contribution in [0.3, 0.4) is 0 Å². The first-order valence-electron chi connectivity index (χ1n) is 10.4. The van der Waals surface area contributed by atoms with Crippen molar-refractivity contribution in [1.29, 1.82) is 0 Å². The van der Waals surface area contributed by atoms with Crippen LogP contribution in [0, 0.1) is 5.92 Å². The summed E-state index contributed by atoms with van der Waals surface area (Å²) >= 11 is 2.56. The number of aromatic nitrogens is 2. The van der Waals surface area contributed by atoms with Crippen LogP contribution in [0.2, 0.25) is 0 Å². The number of nitrogens with zero attached hydrogens (tertiary/aromatic N) is 3. The molecule has 0 aliphatic carbocycles. The Bertz CT molecular complexity index is 1200. The van der Waals surface area contributed by atoms with Crippen molar-refractivity contribution >= 4 is 27.6 Å². The minimum atomic E-state index is -5.25. The predicted octanol–water partition coefficient (Wildman–Crippen LogP) is 6.88. The van der Waals surface area contributed by atoms with Crippen LogP contribution in [0.25, 0.3) is 0 Å². The lowest BCUT2D eigenvalue weighted by atomic mass is 10.1. The van der Waals surface area contributed by atoms with Crippen LogP contribution in [0.1, 0.15) is 44.0 Å². The Morgan fingerprint density at radius 1 is 1.03 bits per heavy atom. The van der Waals surface area contributed by atoms with Crippen molar-refractivity contribution in [3.63, 3.8) is 0 Å². The zero-order chi connectivity index (χ0) is 28.3. The second kappa shape index (κ2) is 11.3. The lowest BCUT2D eigenvalue weighted by Crippen LogP contribution is -2.30. The van der Waals surface area contributed by atoms with Crippen LogP contribution in [0.4, 0.5) is 45.2 Å². The van der Waals surface area contributed by atoms with Gasteiger partial charge in [-0.25, -0.2) is 9.98 Å². The van der Waals surface area contributed by atoms with Crippen molar-refractivity contribution in [1.82, 2.24) is 9.55 Å². The molecule has 0 aliphatic heterocycles. The van der Waals surface area contributed by atoms with E-state index in [1.807, 2.05) is 0 Å². The first-order valence-corrected chi connectivity index (χ1v) is 11.2. The number of benzene rings is 1. The number of carbonyl (C=O) groups is 1. The van der Waals surface area contributed by atoms with Gasteiger partial charge in [0.05, 0.1) is 27.2 Å². The smallest absolute Gasteiger partial charge is 0.433 e. The molecule has 2 aromatic rings. The molecule has 16 heteroatoms. The Labute approximate surface area is 212 Å². The third-order valence-corrected chi connectivity index (χ3v) is 5.35. The fourth-order valence-corrected chi connectivity index (χ4v) is 3.30. The Kier molecular flexibility index (Phi) is 9.31. The average molecular weight is 612 g/mol. The summed E-state index contributed by atoms with van der Waals surface area (Å²) in [6.45, 7) is 3.59. The summed E-state index contributed by atoms with van der Waals surface area (Å²) in [6, 6.07) is 0.531. The maximum Gasteiger partial charge on any atom is 0.433 e. The topological polar surface area (TPSA) is 65.7 Å². The molecule has 0 amide bonds. The van der Waals surface area contributed by atoms with Gasteiger partial charge < -0.3 is 9.47 Å². The fourth-order valence-electron chi connectivity index (χ4n) is 2.76. The Morgan fingerprint density at radius 3 is 2.14 bits per heavy atom. The molecule has 206 valence electrons. The summed E-state index contributed by atoms with van der Waals surface area (Å²) < 4.78 is 131. The van der Waals surface area contributed by atoms with Crippen LogP contribution < -0.4 is 10.4 Å². The van der Waals surface area contributed by atoms with Crippen LogP contribution in [0.15, 0.2) is 27.7 Å². The van der Waals surface area contributed by atoms with E-state index in [0.29, 0.717) is 6.07 Å². The summed E-state index contributed by atoms with van der Waals surface area (Å²) in [5, 5.41) is 0. The first-order chi connectivity index (χ1) is 16.9. The molecular formula is C21H19BrF9N3O3. The second-order valence-corrected chi connectivity index (χ2v) is 8.57. The molecule has 0 saturated heterocycles. The summed E-state index contributed by atoms with van der Waals surface area (Å²) in [4.78, 5) is 18.6. The summed E-state index contributed by atoms with van der Waals surface area (Å²) in [6.07, 6.45) is -15.3. The van der Waals surface area contributed by atoms with Crippen molar-refractivity contribution < 1.29 is 53.8 Å². The van der Waals surface area contributed by atoms with Gasteiger partial charge in [0.15, 0.2) is 5.69 Å². The van der Waals surface area contributed by atoms with Gasteiger partial charge in [-0.3, -0.25) is 9.36 Å². The number of halogens is 10. The molecule has 0 bridgehead atoms. The van der Waals surface area contributed by atoms with Gasteiger partial charge in [0.1, 0.15) is 0 Å². The lowest BCUT2D eigenvalue weighted by molar-refractivity contribution is -0.154. The minimum Gasteiger partial charge on any atom is -0.442 e. The molecule has 0 N–H and O–H groups in total. The summed E-state index contributed by atoms with van der Waals surface area (Å²) in [5.41, 5.74) is -6.94. The highest BCUT2D eigenvalue weighted by molar-refractivity contribution is 9.10. The molecule has 0 radical (unpaired) electrons. The lowest BCUT2D eigenvalue weighted by Gasteiger charge is -2.18. The van der Waals surface area contributed by atoms with Crippen molar-refractivity contribution in [2.24, 2.45) is 10.9 Å². The van der Waals surface area contributed by atoms with Gasteiger partial charge in [-0.05, 0) is 34.5 Å². The highest BCUT2D eigenvalue weighted by Gasteiger charge is 2.39. The van der Waals surface area contributed by atoms with Crippen molar-refractivity contribution in [3.05, 3.63) is 45.1 Å². The number of hydrogen-bond donors (Lipinski definition) is 0. The maximum absolute atomic E-state index is 13.5. The van der Waals surface area contributed by atoms with E-state index in [9.17, 15) is 44.3 Å². The second-order valence-electron chi connectivity index (χ2n) is 7.77. The molecule has 0 fully saturated rings. The Morgan fingerprint density at radius 2 is 1.65 bits per heavy atom. The van der Waals surface area contributed by atoms with Gasteiger partial charge in [0, 0.05) is 12.6 Å². The molecule has 2 rings (SSSR count). The number of ether oxygens (including phenoxy) is 2. The molecule has 0 spiro atoms. The van der Waals surface area contributed by atoms with Gasteiger partial charge in [0.25, 0.3) is 0 Å². The molecule has 0 saturated carbocycles. The Balaban J connectivity index is 2.84. The predicted molar refractivity (Wildman–Crippen MR) is 113 cm³/mol. The van der Waals surface area contributed by atoms with Crippen LogP contribution in [-0.4, -0.2) is 22.3 Å². The molecule has 1 heterocycles. The largest absolute Gasteiger partial charge is 0.442 e. The number of rotatable bonds is 7. The van der Waals surface area contributed by atoms with E-state index < -0.39 is 75.7 Å². The van der Waals surface area contributed by atoms with E-state index in [0.717, 1.165) is 4.57 Å². The van der Waals surface area contributed by atoms with Gasteiger partial charge >= 0.3 is 24.5 Å². The molecule has 37 heavy (non-hydrogen) atoms. The van der Waals surface area contributed by atoms with Crippen molar-refractivity contribution in [2.45, 2.75) is 52.3 Å². The monoisotopic (exact) mass is 611 g/mol. The molecule has 0 aliphatic rings. The average Bonchev–Trinajstić information content (AvgIpc) is 2.74. The SMILES string of the molecule is CCCn1c(OCOC(=O)C(C)C)cc(C(F)(F)F)nc1=Nc1cc(C(F)(F)F)cc(C(F)(F)F)c1Br. The molecule has 1 aromatic heterocycles. The van der Waals surface area contributed by atoms with E-state index >= 15 is 0 Å². The van der Waals surface area contributed by atoms with Gasteiger partial charge in [-0.1, -0.05) is 20.8 Å². The van der Waals surface area contributed by atoms with Crippen LogP contribution in [0.5, 0.6) is 5.88 Å². The van der Waals surface area contributed by atoms with E-state index in [4.69, 9.17) is 9.47 Å². The van der Waals surface area contributed by atoms with Gasteiger partial charge in [0.2, 0.25) is 18.3 Å². The third-order valence-electron chi connectivity index (χ3n) is 4.51. The van der Waals surface area contributed by atoms with E-state index in [1.54, 1.807) is 6.92 Å². The highest BCUT2D eigenvalue weighted by Crippen LogP contribution is 2.43. The zero-order valence-electron chi connectivity index (χ0n) is 19.3. The van der Waals surface area contributed by atoms with Crippen LogP contribution >= 0.6 is 15.9 Å². The quantitative estimate of drug-likeness (QED) is 0.194. The van der Waals surface area contributed by atoms with E-state index in [1.165, 1.54) is 13.8 Å². The number of carbonyl (C=O) groups excluding carboxylic acids is 1. The van der Waals surface area contributed by atoms with E-state index in [-0.39, 0.29) is 25.1 Å². The summed E-state index contributed by atoms with van der Waals surface area (Å²) in [7, 11) is 0. The molecular weight excluding hydrogens is 593 g/mol. The van der Waals surface area contributed by atoms with Gasteiger partial charge in [-0.2, -0.15) is 39.5 Å². The van der Waals surface area contributed by atoms with Crippen LogP contribution in [-0.2, 0) is 34.6 Å². The maximum atomic E-state index is 13.5. The normalized spacial score (nSPS) is 13.3. The number of hydrogen-bond acceptors (Lipinski definition) is 5. The standard InChI is InChI=1S/C21H19BrF9N3O3/c1-4-5-34-15(36-9-37-17(35)10(2)3)8-14(21(29,30)31)33-18(34)32-13-7-11(19(23,24)25)6-12(16(13)22)20(26,27)28/h6-8,10H,4-5,9H2,1-3H3. The number of esters is 1. The minimum absolute atomic E-state index is 0.152. The zero-order valence-corrected chi connectivity index (χ0v) is 20.9. The third kappa shape index (κ3) is 7.85. The molecule has 1 aromatic carbocycles. The highest BCUT2D eigenvalue weighted by atomic mass is 79.9. The van der Waals surface area contributed by atoms with Crippen molar-refractivity contribution in [3.8, 4) is 5.88 Å². The van der Waals surface area contributed by atoms with Crippen molar-refractivity contribution in [2.75, 3.05) is 6.79 Å². The van der Waals surface area contributed by atoms with Gasteiger partial charge in [-0.15, -0.1) is 0 Å². The molecule has 6 nitrogen and oxygen atoms in total. The number of alkyl halides is 9. The molecule has 0 unspecified atom stereocenters.